The zero-order chi connectivity index (χ0) is 28.8. The molecule has 14 heteroatoms. The van der Waals surface area contributed by atoms with E-state index in [0.29, 0.717) is 22.5 Å². The first-order chi connectivity index (χ1) is 19.2. The number of hydrogen-bond acceptors (Lipinski definition) is 13. The second-order valence-corrected chi connectivity index (χ2v) is 8.19. The Morgan fingerprint density at radius 3 is 2.00 bits per heavy atom. The SMILES string of the molecule is CCOC(=O)c1ccc(N2NOC(=O)\C2=C(C)/N=N/C(C)=C2/C(=O)ON=[N+]2c2ccc(C(=O)OCC)cc2)cc1. The fraction of sp³-hybridized carbons (Fsp3) is 0.231. The van der Waals surface area contributed by atoms with Gasteiger partial charge in [-0.1, -0.05) is 5.59 Å². The van der Waals surface area contributed by atoms with Crippen LogP contribution in [0.4, 0.5) is 11.4 Å². The third kappa shape index (κ3) is 5.76. The summed E-state index contributed by atoms with van der Waals surface area (Å²) < 4.78 is 11.2. The Balaban J connectivity index is 1.59. The first kappa shape index (κ1) is 27.8. The molecule has 2 aliphatic heterocycles. The highest BCUT2D eigenvalue weighted by Gasteiger charge is 2.39. The van der Waals surface area contributed by atoms with E-state index in [-0.39, 0.29) is 36.0 Å². The minimum atomic E-state index is -0.763. The molecule has 1 saturated heterocycles. The molecular weight excluding hydrogens is 524 g/mol. The second kappa shape index (κ2) is 12.1. The average molecular weight is 550 g/mol. The van der Waals surface area contributed by atoms with E-state index >= 15 is 0 Å². The van der Waals surface area contributed by atoms with Gasteiger partial charge in [-0.05, 0) is 68.8 Å². The van der Waals surface area contributed by atoms with Gasteiger partial charge in [0.05, 0.1) is 35.7 Å². The average Bonchev–Trinajstić information content (AvgIpc) is 3.54. The number of hydrazine groups is 1. The molecule has 0 radical (unpaired) electrons. The highest BCUT2D eigenvalue weighted by atomic mass is 16.7. The highest BCUT2D eigenvalue weighted by Crippen LogP contribution is 2.28. The van der Waals surface area contributed by atoms with E-state index in [1.807, 2.05) is 0 Å². The lowest BCUT2D eigenvalue weighted by Crippen LogP contribution is -2.29. The molecule has 0 bridgehead atoms. The maximum Gasteiger partial charge on any atom is 0.439 e. The molecule has 0 saturated carbocycles. The van der Waals surface area contributed by atoms with Crippen LogP contribution >= 0.6 is 0 Å². The zero-order valence-electron chi connectivity index (χ0n) is 22.0. The molecule has 0 aromatic heterocycles. The van der Waals surface area contributed by atoms with Crippen LogP contribution in [0.1, 0.15) is 48.4 Å². The topological polar surface area (TPSA) is 161 Å². The Bertz CT molecular complexity index is 1480. The molecule has 1 N–H and O–H groups in total. The summed E-state index contributed by atoms with van der Waals surface area (Å²) in [7, 11) is 0. The molecule has 2 aromatic carbocycles. The fourth-order valence-corrected chi connectivity index (χ4v) is 3.65. The minimum Gasteiger partial charge on any atom is -0.462 e. The number of carbonyl (C=O) groups is 4. The molecule has 206 valence electrons. The van der Waals surface area contributed by atoms with Gasteiger partial charge in [0.25, 0.3) is 0 Å². The summed E-state index contributed by atoms with van der Waals surface area (Å²) in [4.78, 5) is 58.5. The highest BCUT2D eigenvalue weighted by molar-refractivity contribution is 5.95. The number of anilines is 1. The van der Waals surface area contributed by atoms with E-state index in [1.165, 1.54) is 35.7 Å². The van der Waals surface area contributed by atoms with Gasteiger partial charge in [0, 0.05) is 12.1 Å². The van der Waals surface area contributed by atoms with Crippen molar-refractivity contribution in [2.75, 3.05) is 18.2 Å². The first-order valence-electron chi connectivity index (χ1n) is 12.1. The number of carbonyl (C=O) groups excluding carboxylic acids is 4. The van der Waals surface area contributed by atoms with Crippen molar-refractivity contribution >= 4 is 35.3 Å². The molecule has 2 aromatic rings. The number of rotatable bonds is 8. The number of azo groups is 1. The van der Waals surface area contributed by atoms with E-state index in [0.717, 1.165) is 0 Å². The van der Waals surface area contributed by atoms with E-state index in [9.17, 15) is 19.2 Å². The number of esters is 2. The summed E-state index contributed by atoms with van der Waals surface area (Å²) in [5, 5.41) is 13.3. The van der Waals surface area contributed by atoms with Gasteiger partial charge >= 0.3 is 29.6 Å². The van der Waals surface area contributed by atoms with Crippen LogP contribution in [0.15, 0.2) is 86.8 Å². The largest absolute Gasteiger partial charge is 0.462 e. The van der Waals surface area contributed by atoms with Crippen LogP contribution in [0.5, 0.6) is 0 Å². The molecule has 0 aliphatic carbocycles. The number of ether oxygens (including phenoxy) is 2. The smallest absolute Gasteiger partial charge is 0.439 e. The normalized spacial score (nSPS) is 17.4. The van der Waals surface area contributed by atoms with Gasteiger partial charge in [-0.15, -0.1) is 5.11 Å². The van der Waals surface area contributed by atoms with E-state index in [1.54, 1.807) is 50.2 Å². The molecule has 14 nitrogen and oxygen atoms in total. The number of nitrogens with zero attached hydrogens (tertiary/aromatic N) is 5. The molecule has 4 rings (SSSR count). The van der Waals surface area contributed by atoms with Gasteiger partial charge in [0.15, 0.2) is 5.70 Å². The van der Waals surface area contributed by atoms with Crippen LogP contribution in [0.2, 0.25) is 0 Å². The van der Waals surface area contributed by atoms with Crippen molar-refractivity contribution in [3.8, 4) is 0 Å². The van der Waals surface area contributed by atoms with Crippen LogP contribution in [0.25, 0.3) is 0 Å². The molecule has 0 amide bonds. The molecule has 2 heterocycles. The molecule has 0 unspecified atom stereocenters. The molecule has 0 spiro atoms. The maximum absolute atomic E-state index is 12.5. The molecule has 40 heavy (non-hydrogen) atoms. The van der Waals surface area contributed by atoms with Crippen molar-refractivity contribution in [2.24, 2.45) is 15.5 Å². The summed E-state index contributed by atoms with van der Waals surface area (Å²) in [6.45, 7) is 6.96. The van der Waals surface area contributed by atoms with Gasteiger partial charge in [-0.3, -0.25) is 4.84 Å². The molecular formula is C26H25N6O8+. The Morgan fingerprint density at radius 2 is 1.43 bits per heavy atom. The number of hydrogen-bond donors (Lipinski definition) is 1. The Kier molecular flexibility index (Phi) is 8.39. The lowest BCUT2D eigenvalue weighted by molar-refractivity contribution is -0.464. The summed E-state index contributed by atoms with van der Waals surface area (Å²) in [5.74, 6) is -2.43. The van der Waals surface area contributed by atoms with E-state index in [2.05, 4.69) is 21.1 Å². The second-order valence-electron chi connectivity index (χ2n) is 8.19. The fourth-order valence-electron chi connectivity index (χ4n) is 3.65. The molecule has 2 aliphatic rings. The Labute approximate surface area is 228 Å². The van der Waals surface area contributed by atoms with Crippen LogP contribution in [-0.2, 0) is 28.7 Å². The predicted octanol–water partition coefficient (Wildman–Crippen LogP) is 4.01. The lowest BCUT2D eigenvalue weighted by Gasteiger charge is -2.16. The van der Waals surface area contributed by atoms with Crippen molar-refractivity contribution in [1.29, 1.82) is 0 Å². The number of benzene rings is 2. The van der Waals surface area contributed by atoms with Gasteiger partial charge in [0.2, 0.25) is 11.0 Å². The van der Waals surface area contributed by atoms with E-state index < -0.39 is 23.9 Å². The lowest BCUT2D eigenvalue weighted by atomic mass is 10.2. The van der Waals surface area contributed by atoms with E-state index in [4.69, 9.17) is 19.1 Å². The van der Waals surface area contributed by atoms with Crippen LogP contribution in [0, 0.1) is 0 Å². The Morgan fingerprint density at radius 1 is 0.875 bits per heavy atom. The monoisotopic (exact) mass is 549 g/mol. The minimum absolute atomic E-state index is 0.0102. The number of nitrogens with one attached hydrogen (secondary N) is 1. The van der Waals surface area contributed by atoms with Crippen LogP contribution in [-0.4, -0.2) is 41.8 Å². The van der Waals surface area contributed by atoms with Crippen molar-refractivity contribution in [2.45, 2.75) is 27.7 Å². The van der Waals surface area contributed by atoms with Gasteiger partial charge in [-0.2, -0.15) is 5.11 Å². The van der Waals surface area contributed by atoms with Gasteiger partial charge < -0.3 is 14.3 Å². The van der Waals surface area contributed by atoms with Crippen molar-refractivity contribution in [1.82, 2.24) is 5.59 Å². The predicted molar refractivity (Wildman–Crippen MR) is 135 cm³/mol. The quantitative estimate of drug-likeness (QED) is 0.167. The summed E-state index contributed by atoms with van der Waals surface area (Å²) in [5.41, 5.74) is 4.41. The number of allylic oxidation sites excluding steroid dienone is 2. The van der Waals surface area contributed by atoms with Crippen molar-refractivity contribution in [3.05, 3.63) is 82.4 Å². The zero-order valence-corrected chi connectivity index (χ0v) is 22.0. The van der Waals surface area contributed by atoms with Crippen molar-refractivity contribution in [3.63, 3.8) is 0 Å². The third-order valence-corrected chi connectivity index (χ3v) is 5.55. The summed E-state index contributed by atoms with van der Waals surface area (Å²) >= 11 is 0. The van der Waals surface area contributed by atoms with Gasteiger partial charge in [-0.25, -0.2) is 24.2 Å². The molecule has 1 fully saturated rings. The summed E-state index contributed by atoms with van der Waals surface area (Å²) in [6, 6.07) is 12.5. The third-order valence-electron chi connectivity index (χ3n) is 5.55. The van der Waals surface area contributed by atoms with Crippen LogP contribution in [0.3, 0.4) is 0 Å². The molecule has 0 atom stereocenters. The first-order valence-corrected chi connectivity index (χ1v) is 12.1. The van der Waals surface area contributed by atoms with Gasteiger partial charge in [0.1, 0.15) is 5.70 Å². The van der Waals surface area contributed by atoms with Crippen molar-refractivity contribution < 1.29 is 43.0 Å². The van der Waals surface area contributed by atoms with Crippen LogP contribution < -0.4 is 10.6 Å². The maximum atomic E-state index is 12.5. The Hall–Kier alpha value is -5.24. The summed E-state index contributed by atoms with van der Waals surface area (Å²) in [6.07, 6.45) is 0. The standard InChI is InChI=1S/C26H25N6O8/c1-5-37-23(33)17-7-11-19(12-8-17)31-21(25(35)39-29-31)15(3)27-28-16(4)22-26(36)40-30-32(22)20-13-9-18(10-14-20)24(34)38-6-2/h7-14,29H,5-6H2,1-4H3/q+1/b21-15+,22-16-,28-27+.